The summed E-state index contributed by atoms with van der Waals surface area (Å²) < 4.78 is 0. The topological polar surface area (TPSA) is 76.7 Å². The van der Waals surface area contributed by atoms with Crippen LogP contribution in [0.15, 0.2) is 12.3 Å². The van der Waals surface area contributed by atoms with Crippen molar-refractivity contribution < 1.29 is 0 Å². The molecule has 0 atom stereocenters. The molecule has 0 amide bonds. The van der Waals surface area contributed by atoms with Crippen molar-refractivity contribution in [2.45, 2.75) is 6.92 Å². The number of nitrogen functional groups attached to an aromatic ring is 1. The van der Waals surface area contributed by atoms with Crippen LogP contribution in [0.5, 0.6) is 0 Å². The van der Waals surface area contributed by atoms with Gasteiger partial charge in [0.1, 0.15) is 0 Å². The normalized spacial score (nSPS) is 10.3. The molecule has 2 heterocycles. The van der Waals surface area contributed by atoms with E-state index >= 15 is 0 Å². The summed E-state index contributed by atoms with van der Waals surface area (Å²) in [5.41, 5.74) is 7.30. The lowest BCUT2D eigenvalue weighted by Gasteiger charge is -1.97. The third-order valence-corrected chi connectivity index (χ3v) is 3.11. The molecule has 3 N–H and O–H groups in total. The van der Waals surface area contributed by atoms with E-state index in [-0.39, 0.29) is 5.95 Å². The van der Waals surface area contributed by atoms with Crippen LogP contribution >= 0.6 is 11.3 Å². The highest BCUT2D eigenvalue weighted by Gasteiger charge is 2.10. The lowest BCUT2D eigenvalue weighted by molar-refractivity contribution is 1.18. The lowest BCUT2D eigenvalue weighted by atomic mass is 10.3. The first kappa shape index (κ1) is 9.85. The van der Waals surface area contributed by atoms with E-state index in [1.54, 1.807) is 17.5 Å². The molecule has 2 aromatic heterocycles. The van der Waals surface area contributed by atoms with Crippen molar-refractivity contribution in [3.63, 3.8) is 0 Å². The number of nitrogens with zero attached hydrogens (tertiary/aromatic N) is 3. The van der Waals surface area contributed by atoms with Crippen LogP contribution in [0, 0.1) is 6.92 Å². The number of aromatic nitrogens is 3. The number of rotatable bonds is 2. The number of anilines is 2. The van der Waals surface area contributed by atoms with Gasteiger partial charge in [0, 0.05) is 13.2 Å². The van der Waals surface area contributed by atoms with Crippen molar-refractivity contribution in [1.29, 1.82) is 0 Å². The lowest BCUT2D eigenvalue weighted by Crippen LogP contribution is -1.94. The van der Waals surface area contributed by atoms with E-state index in [4.69, 9.17) is 5.73 Å². The van der Waals surface area contributed by atoms with E-state index in [0.29, 0.717) is 0 Å². The minimum absolute atomic E-state index is 0.284. The van der Waals surface area contributed by atoms with Crippen molar-refractivity contribution >= 4 is 22.4 Å². The van der Waals surface area contributed by atoms with Crippen LogP contribution in [0.2, 0.25) is 0 Å². The van der Waals surface area contributed by atoms with Gasteiger partial charge in [-0.15, -0.1) is 0 Å². The van der Waals surface area contributed by atoms with E-state index in [9.17, 15) is 0 Å². The quantitative estimate of drug-likeness (QED) is 0.804. The van der Waals surface area contributed by atoms with Gasteiger partial charge in [-0.1, -0.05) is 11.3 Å². The molecule has 2 rings (SSSR count). The molecule has 0 aliphatic carbocycles. The summed E-state index contributed by atoms with van der Waals surface area (Å²) >= 11 is 1.55. The second-order valence-electron chi connectivity index (χ2n) is 2.98. The molecule has 5 nitrogen and oxygen atoms in total. The van der Waals surface area contributed by atoms with Gasteiger partial charge >= 0.3 is 0 Å². The Balaban J connectivity index is 2.48. The van der Waals surface area contributed by atoms with Gasteiger partial charge in [-0.25, -0.2) is 15.0 Å². The van der Waals surface area contributed by atoms with Gasteiger partial charge in [-0.05, 0) is 13.0 Å². The van der Waals surface area contributed by atoms with E-state index in [2.05, 4.69) is 20.3 Å². The fourth-order valence-electron chi connectivity index (χ4n) is 1.24. The summed E-state index contributed by atoms with van der Waals surface area (Å²) in [6, 6.07) is 1.83. The molecule has 0 aliphatic heterocycles. The smallest absolute Gasteiger partial charge is 0.220 e. The number of nitrogens with one attached hydrogen (secondary N) is 1. The van der Waals surface area contributed by atoms with Crippen molar-refractivity contribution in [2.24, 2.45) is 0 Å². The molecule has 0 saturated carbocycles. The first-order valence-corrected chi connectivity index (χ1v) is 5.26. The number of nitrogens with two attached hydrogens (primary N) is 1. The van der Waals surface area contributed by atoms with Crippen LogP contribution < -0.4 is 11.1 Å². The third kappa shape index (κ3) is 1.89. The Hall–Kier alpha value is -1.69. The van der Waals surface area contributed by atoms with Crippen molar-refractivity contribution in [3.8, 4) is 10.6 Å². The summed E-state index contributed by atoms with van der Waals surface area (Å²) in [6.07, 6.45) is 1.65. The number of hydrogen-bond donors (Lipinski definition) is 2. The van der Waals surface area contributed by atoms with Crippen LogP contribution in [0.1, 0.15) is 5.69 Å². The van der Waals surface area contributed by atoms with Gasteiger partial charge in [0.15, 0.2) is 5.13 Å². The van der Waals surface area contributed by atoms with Crippen LogP contribution in [0.25, 0.3) is 10.6 Å². The molecule has 0 bridgehead atoms. The summed E-state index contributed by atoms with van der Waals surface area (Å²) in [4.78, 5) is 13.4. The van der Waals surface area contributed by atoms with Crippen LogP contribution in [-0.2, 0) is 0 Å². The Morgan fingerprint density at radius 3 is 2.80 bits per heavy atom. The fraction of sp³-hybridized carbons (Fsp3) is 0.222. The molecule has 6 heteroatoms. The second-order valence-corrected chi connectivity index (χ2v) is 3.98. The average Bonchev–Trinajstić information content (AvgIpc) is 2.60. The maximum Gasteiger partial charge on any atom is 0.220 e. The maximum atomic E-state index is 5.53. The minimum atomic E-state index is 0.284. The summed E-state index contributed by atoms with van der Waals surface area (Å²) in [6.45, 7) is 1.95. The molecule has 15 heavy (non-hydrogen) atoms. The van der Waals surface area contributed by atoms with E-state index in [1.807, 2.05) is 20.0 Å². The molecule has 0 radical (unpaired) electrons. The molecule has 0 fully saturated rings. The first-order chi connectivity index (χ1) is 7.20. The molecule has 0 saturated heterocycles. The zero-order valence-corrected chi connectivity index (χ0v) is 9.30. The van der Waals surface area contributed by atoms with Gasteiger partial charge in [0.2, 0.25) is 5.95 Å². The SMILES string of the molecule is CNc1nc(C)c(-c2ccnc(N)n2)s1. The zero-order chi connectivity index (χ0) is 10.8. The Labute approximate surface area is 91.4 Å². The molecule has 0 aliphatic rings. The third-order valence-electron chi connectivity index (χ3n) is 1.92. The van der Waals surface area contributed by atoms with Crippen LogP contribution in [-0.4, -0.2) is 22.0 Å². The second kappa shape index (κ2) is 3.82. The van der Waals surface area contributed by atoms with Crippen LogP contribution in [0.3, 0.4) is 0 Å². The average molecular weight is 221 g/mol. The Bertz CT molecular complexity index is 479. The summed E-state index contributed by atoms with van der Waals surface area (Å²) in [5.74, 6) is 0.284. The number of thiazole rings is 1. The zero-order valence-electron chi connectivity index (χ0n) is 8.48. The molecular formula is C9H11N5S. The predicted octanol–water partition coefficient (Wildman–Crippen LogP) is 1.53. The molecular weight excluding hydrogens is 210 g/mol. The highest BCUT2D eigenvalue weighted by molar-refractivity contribution is 7.19. The van der Waals surface area contributed by atoms with E-state index in [1.165, 1.54) is 0 Å². The van der Waals surface area contributed by atoms with Gasteiger partial charge in [0.25, 0.3) is 0 Å². The van der Waals surface area contributed by atoms with Gasteiger partial charge in [0.05, 0.1) is 16.3 Å². The summed E-state index contributed by atoms with van der Waals surface area (Å²) in [5, 5.41) is 3.88. The van der Waals surface area contributed by atoms with Crippen molar-refractivity contribution in [1.82, 2.24) is 15.0 Å². The largest absolute Gasteiger partial charge is 0.368 e. The molecule has 0 unspecified atom stereocenters. The highest BCUT2D eigenvalue weighted by Crippen LogP contribution is 2.30. The molecule has 78 valence electrons. The highest BCUT2D eigenvalue weighted by atomic mass is 32.1. The summed E-state index contributed by atoms with van der Waals surface area (Å²) in [7, 11) is 1.84. The number of aryl methyl sites for hydroxylation is 1. The Morgan fingerprint density at radius 2 is 2.20 bits per heavy atom. The standard InChI is InChI=1S/C9H11N5S/c1-5-7(15-9(11-2)13-5)6-3-4-12-8(10)14-6/h3-4H,1-2H3,(H,11,13)(H2,10,12,14). The van der Waals surface area contributed by atoms with Gasteiger partial charge in [-0.3, -0.25) is 0 Å². The van der Waals surface area contributed by atoms with Crippen molar-refractivity contribution in [3.05, 3.63) is 18.0 Å². The minimum Gasteiger partial charge on any atom is -0.368 e. The van der Waals surface area contributed by atoms with Crippen molar-refractivity contribution in [2.75, 3.05) is 18.1 Å². The predicted molar refractivity (Wildman–Crippen MR) is 61.8 cm³/mol. The molecule has 0 aromatic carbocycles. The Morgan fingerprint density at radius 1 is 1.40 bits per heavy atom. The van der Waals surface area contributed by atoms with E-state index < -0.39 is 0 Å². The monoisotopic (exact) mass is 221 g/mol. The Kier molecular flexibility index (Phi) is 2.51. The first-order valence-electron chi connectivity index (χ1n) is 4.45. The number of hydrogen-bond acceptors (Lipinski definition) is 6. The fourth-order valence-corrected chi connectivity index (χ4v) is 2.13. The maximum absolute atomic E-state index is 5.53. The van der Waals surface area contributed by atoms with E-state index in [0.717, 1.165) is 21.4 Å². The molecule has 0 spiro atoms. The molecule has 2 aromatic rings. The van der Waals surface area contributed by atoms with Gasteiger partial charge in [-0.2, -0.15) is 0 Å². The van der Waals surface area contributed by atoms with Crippen LogP contribution in [0.4, 0.5) is 11.1 Å². The van der Waals surface area contributed by atoms with Gasteiger partial charge < -0.3 is 11.1 Å².